The Morgan fingerprint density at radius 3 is 2.69 bits per heavy atom. The van der Waals surface area contributed by atoms with Gasteiger partial charge in [-0.3, -0.25) is 0 Å². The molecule has 1 aromatic rings. The van der Waals surface area contributed by atoms with Gasteiger partial charge in [0.1, 0.15) is 5.75 Å². The number of halogens is 1. The first-order valence-electron chi connectivity index (χ1n) is 5.98. The lowest BCUT2D eigenvalue weighted by Crippen LogP contribution is -2.13. The maximum absolute atomic E-state index is 5.41. The molecule has 0 N–H and O–H groups in total. The maximum Gasteiger partial charge on any atom is 0.122 e. The van der Waals surface area contributed by atoms with E-state index in [-0.39, 0.29) is 0 Å². The Labute approximate surface area is 106 Å². The number of hydrogen-bond acceptors (Lipinski definition) is 1. The lowest BCUT2D eigenvalue weighted by atomic mass is 9.90. The third-order valence-corrected chi connectivity index (χ3v) is 5.09. The van der Waals surface area contributed by atoms with Gasteiger partial charge in [-0.1, -0.05) is 41.1 Å². The molecule has 3 atom stereocenters. The van der Waals surface area contributed by atoms with E-state index in [2.05, 4.69) is 41.1 Å². The summed E-state index contributed by atoms with van der Waals surface area (Å²) in [5.74, 6) is 2.60. The Balaban J connectivity index is 2.09. The van der Waals surface area contributed by atoms with Crippen LogP contribution in [0.1, 0.15) is 25.3 Å². The van der Waals surface area contributed by atoms with Crippen molar-refractivity contribution in [3.05, 3.63) is 29.8 Å². The van der Waals surface area contributed by atoms with Gasteiger partial charge in [0.25, 0.3) is 0 Å². The molecule has 1 nitrogen and oxygen atoms in total. The highest BCUT2D eigenvalue weighted by Crippen LogP contribution is 2.39. The summed E-state index contributed by atoms with van der Waals surface area (Å²) < 4.78 is 5.41. The van der Waals surface area contributed by atoms with Gasteiger partial charge in [0.15, 0.2) is 0 Å². The van der Waals surface area contributed by atoms with Gasteiger partial charge in [-0.05, 0) is 42.7 Å². The molecule has 16 heavy (non-hydrogen) atoms. The molecule has 1 aromatic carbocycles. The SMILES string of the molecule is COc1ccccc1CC1CCC(Br)C1C. The van der Waals surface area contributed by atoms with Crippen molar-refractivity contribution in [1.82, 2.24) is 0 Å². The molecule has 3 unspecified atom stereocenters. The van der Waals surface area contributed by atoms with Gasteiger partial charge in [-0.2, -0.15) is 0 Å². The van der Waals surface area contributed by atoms with Crippen LogP contribution in [0, 0.1) is 11.8 Å². The topological polar surface area (TPSA) is 9.23 Å². The van der Waals surface area contributed by atoms with Gasteiger partial charge >= 0.3 is 0 Å². The Kier molecular flexibility index (Phi) is 3.91. The first-order chi connectivity index (χ1) is 7.72. The number of ether oxygens (including phenoxy) is 1. The zero-order valence-corrected chi connectivity index (χ0v) is 11.5. The quantitative estimate of drug-likeness (QED) is 0.760. The Bertz CT molecular complexity index is 350. The van der Waals surface area contributed by atoms with Crippen molar-refractivity contribution in [2.45, 2.75) is 31.0 Å². The summed E-state index contributed by atoms with van der Waals surface area (Å²) in [7, 11) is 1.75. The van der Waals surface area contributed by atoms with E-state index in [9.17, 15) is 0 Å². The van der Waals surface area contributed by atoms with Gasteiger partial charge in [0.2, 0.25) is 0 Å². The minimum atomic E-state index is 0.701. The highest BCUT2D eigenvalue weighted by atomic mass is 79.9. The Morgan fingerprint density at radius 1 is 1.31 bits per heavy atom. The molecule has 1 aliphatic carbocycles. The Hall–Kier alpha value is -0.500. The molecule has 0 heterocycles. The zero-order valence-electron chi connectivity index (χ0n) is 9.95. The second-order valence-corrected chi connectivity index (χ2v) is 5.90. The van der Waals surface area contributed by atoms with Crippen LogP contribution in [-0.4, -0.2) is 11.9 Å². The van der Waals surface area contributed by atoms with E-state index < -0.39 is 0 Å². The molecule has 0 radical (unpaired) electrons. The molecule has 1 aliphatic rings. The predicted octanol–water partition coefficient (Wildman–Crippen LogP) is 4.05. The fourth-order valence-corrected chi connectivity index (χ4v) is 3.33. The molecule has 88 valence electrons. The minimum absolute atomic E-state index is 0.701. The summed E-state index contributed by atoms with van der Waals surface area (Å²) >= 11 is 3.76. The van der Waals surface area contributed by atoms with Gasteiger partial charge in [-0.15, -0.1) is 0 Å². The maximum atomic E-state index is 5.41. The second kappa shape index (κ2) is 5.22. The minimum Gasteiger partial charge on any atom is -0.496 e. The Morgan fingerprint density at radius 2 is 2.06 bits per heavy atom. The van der Waals surface area contributed by atoms with Gasteiger partial charge < -0.3 is 4.74 Å². The third-order valence-electron chi connectivity index (χ3n) is 3.80. The van der Waals surface area contributed by atoms with Crippen LogP contribution >= 0.6 is 15.9 Å². The van der Waals surface area contributed by atoms with Crippen molar-refractivity contribution < 1.29 is 4.74 Å². The van der Waals surface area contributed by atoms with Crippen molar-refractivity contribution in [2.75, 3.05) is 7.11 Å². The summed E-state index contributed by atoms with van der Waals surface area (Å²) in [6.45, 7) is 2.35. The largest absolute Gasteiger partial charge is 0.496 e. The van der Waals surface area contributed by atoms with Gasteiger partial charge in [0.05, 0.1) is 7.11 Å². The summed E-state index contributed by atoms with van der Waals surface area (Å²) in [6, 6.07) is 8.38. The highest BCUT2D eigenvalue weighted by Gasteiger charge is 2.31. The van der Waals surface area contributed by atoms with Crippen molar-refractivity contribution >= 4 is 15.9 Å². The molecule has 0 aromatic heterocycles. The lowest BCUT2D eigenvalue weighted by molar-refractivity contribution is 0.388. The molecule has 0 amide bonds. The molecule has 1 fully saturated rings. The fourth-order valence-electron chi connectivity index (χ4n) is 2.64. The average molecular weight is 283 g/mol. The van der Waals surface area contributed by atoms with E-state index in [1.165, 1.54) is 18.4 Å². The van der Waals surface area contributed by atoms with Crippen LogP contribution < -0.4 is 4.74 Å². The molecule has 0 spiro atoms. The molecule has 2 heteroatoms. The lowest BCUT2D eigenvalue weighted by Gasteiger charge is -2.18. The molecular weight excluding hydrogens is 264 g/mol. The summed E-state index contributed by atoms with van der Waals surface area (Å²) in [5.41, 5.74) is 1.35. The smallest absolute Gasteiger partial charge is 0.122 e. The molecule has 0 saturated heterocycles. The van der Waals surface area contributed by atoms with Gasteiger partial charge in [-0.25, -0.2) is 0 Å². The van der Waals surface area contributed by atoms with Crippen molar-refractivity contribution in [1.29, 1.82) is 0 Å². The molecule has 0 bridgehead atoms. The second-order valence-electron chi connectivity index (χ2n) is 4.73. The molecule has 1 saturated carbocycles. The van der Waals surface area contributed by atoms with E-state index >= 15 is 0 Å². The summed E-state index contributed by atoms with van der Waals surface area (Å²) in [5, 5.41) is 0. The van der Waals surface area contributed by atoms with Crippen LogP contribution in [0.3, 0.4) is 0 Å². The number of alkyl halides is 1. The number of para-hydroxylation sites is 1. The monoisotopic (exact) mass is 282 g/mol. The number of hydrogen-bond donors (Lipinski definition) is 0. The number of methoxy groups -OCH3 is 1. The van der Waals surface area contributed by atoms with Crippen molar-refractivity contribution in [2.24, 2.45) is 11.8 Å². The van der Waals surface area contributed by atoms with Gasteiger partial charge in [0, 0.05) is 4.83 Å². The average Bonchev–Trinajstić information content (AvgIpc) is 2.62. The van der Waals surface area contributed by atoms with Crippen LogP contribution in [0.2, 0.25) is 0 Å². The number of benzene rings is 1. The standard InChI is InChI=1S/C14H19BrO/c1-10-11(7-8-13(10)15)9-12-5-3-4-6-14(12)16-2/h3-6,10-11,13H,7-9H2,1-2H3. The molecule has 2 rings (SSSR count). The van der Waals surface area contributed by atoms with Crippen molar-refractivity contribution in [3.8, 4) is 5.75 Å². The third kappa shape index (κ3) is 2.42. The van der Waals surface area contributed by atoms with Crippen LogP contribution in [0.5, 0.6) is 5.75 Å². The van der Waals surface area contributed by atoms with E-state index in [0.29, 0.717) is 4.83 Å². The first kappa shape index (κ1) is 12.0. The predicted molar refractivity (Wildman–Crippen MR) is 71.3 cm³/mol. The fraction of sp³-hybridized carbons (Fsp3) is 0.571. The van der Waals surface area contributed by atoms with Crippen LogP contribution in [0.25, 0.3) is 0 Å². The first-order valence-corrected chi connectivity index (χ1v) is 6.90. The van der Waals surface area contributed by atoms with Crippen LogP contribution in [0.15, 0.2) is 24.3 Å². The van der Waals surface area contributed by atoms with Crippen LogP contribution in [0.4, 0.5) is 0 Å². The molecule has 0 aliphatic heterocycles. The van der Waals surface area contributed by atoms with E-state index in [1.54, 1.807) is 7.11 Å². The normalized spacial score (nSPS) is 29.3. The van der Waals surface area contributed by atoms with E-state index in [0.717, 1.165) is 24.0 Å². The number of rotatable bonds is 3. The highest BCUT2D eigenvalue weighted by molar-refractivity contribution is 9.09. The summed E-state index contributed by atoms with van der Waals surface area (Å²) in [6.07, 6.45) is 3.78. The summed E-state index contributed by atoms with van der Waals surface area (Å²) in [4.78, 5) is 0.701. The van der Waals surface area contributed by atoms with E-state index in [4.69, 9.17) is 4.74 Å². The van der Waals surface area contributed by atoms with Crippen molar-refractivity contribution in [3.63, 3.8) is 0 Å². The molecular formula is C14H19BrO. The van der Waals surface area contributed by atoms with Crippen LogP contribution in [-0.2, 0) is 6.42 Å². The zero-order chi connectivity index (χ0) is 11.5. The van der Waals surface area contributed by atoms with E-state index in [1.807, 2.05) is 6.07 Å².